The van der Waals surface area contributed by atoms with Crippen molar-refractivity contribution < 1.29 is 0 Å². The normalized spacial score (nSPS) is 12.4. The van der Waals surface area contributed by atoms with Crippen LogP contribution < -0.4 is 5.32 Å². The lowest BCUT2D eigenvalue weighted by molar-refractivity contribution is 0.727. The van der Waals surface area contributed by atoms with E-state index in [9.17, 15) is 0 Å². The van der Waals surface area contributed by atoms with E-state index < -0.39 is 0 Å². The molecule has 1 atom stereocenters. The van der Waals surface area contributed by atoms with E-state index in [-0.39, 0.29) is 0 Å². The zero-order valence-corrected chi connectivity index (χ0v) is 13.9. The van der Waals surface area contributed by atoms with Crippen LogP contribution in [0.25, 0.3) is 11.1 Å². The molecule has 1 unspecified atom stereocenters. The van der Waals surface area contributed by atoms with Crippen molar-refractivity contribution in [1.82, 2.24) is 5.32 Å². The Morgan fingerprint density at radius 1 is 1.00 bits per heavy atom. The molecule has 0 spiro atoms. The van der Waals surface area contributed by atoms with Crippen LogP contribution in [0.5, 0.6) is 0 Å². The molecule has 0 radical (unpaired) electrons. The zero-order valence-electron chi connectivity index (χ0n) is 13.1. The standard InChI is InChI=1S/C19H24ClN/c1-4-14(3)15-6-8-16(9-7-15)17-10-11-18(13-21-5-2)19(20)12-17/h6-12,14,21H,4-5,13H2,1-3H3. The SMILES string of the molecule is CCNCc1ccc(-c2ccc(C(C)CC)cc2)cc1Cl. The van der Waals surface area contributed by atoms with Gasteiger partial charge in [-0.2, -0.15) is 0 Å². The van der Waals surface area contributed by atoms with Gasteiger partial charge in [-0.15, -0.1) is 0 Å². The van der Waals surface area contributed by atoms with E-state index in [0.29, 0.717) is 5.92 Å². The second-order valence-electron chi connectivity index (χ2n) is 5.52. The van der Waals surface area contributed by atoms with Crippen LogP contribution in [-0.2, 0) is 6.54 Å². The van der Waals surface area contributed by atoms with E-state index >= 15 is 0 Å². The molecule has 0 heterocycles. The van der Waals surface area contributed by atoms with Crippen LogP contribution >= 0.6 is 11.6 Å². The molecule has 0 aromatic heterocycles. The minimum Gasteiger partial charge on any atom is -0.313 e. The van der Waals surface area contributed by atoms with E-state index in [4.69, 9.17) is 11.6 Å². The molecule has 0 fully saturated rings. The molecule has 1 N–H and O–H groups in total. The van der Waals surface area contributed by atoms with Crippen molar-refractivity contribution in [3.63, 3.8) is 0 Å². The number of nitrogens with one attached hydrogen (secondary N) is 1. The van der Waals surface area contributed by atoms with Crippen LogP contribution in [0.15, 0.2) is 42.5 Å². The first-order chi connectivity index (χ1) is 10.2. The molecule has 0 aliphatic carbocycles. The lowest BCUT2D eigenvalue weighted by Gasteiger charge is -2.11. The molecule has 2 aromatic carbocycles. The summed E-state index contributed by atoms with van der Waals surface area (Å²) in [6.45, 7) is 8.36. The van der Waals surface area contributed by atoms with Crippen LogP contribution in [0, 0.1) is 0 Å². The zero-order chi connectivity index (χ0) is 15.2. The maximum absolute atomic E-state index is 6.38. The molecule has 0 amide bonds. The van der Waals surface area contributed by atoms with E-state index in [1.165, 1.54) is 23.1 Å². The highest BCUT2D eigenvalue weighted by atomic mass is 35.5. The second-order valence-corrected chi connectivity index (χ2v) is 5.93. The predicted molar refractivity (Wildman–Crippen MR) is 93.0 cm³/mol. The number of hydrogen-bond acceptors (Lipinski definition) is 1. The maximum Gasteiger partial charge on any atom is 0.0457 e. The van der Waals surface area contributed by atoms with Crippen LogP contribution in [0.1, 0.15) is 44.2 Å². The lowest BCUT2D eigenvalue weighted by atomic mass is 9.95. The molecule has 0 aliphatic rings. The second kappa shape index (κ2) is 7.63. The van der Waals surface area contributed by atoms with Gasteiger partial charge in [-0.3, -0.25) is 0 Å². The highest BCUT2D eigenvalue weighted by molar-refractivity contribution is 6.31. The number of rotatable bonds is 6. The molecule has 21 heavy (non-hydrogen) atoms. The molecular formula is C19H24ClN. The van der Waals surface area contributed by atoms with Crippen LogP contribution in [-0.4, -0.2) is 6.54 Å². The molecule has 1 nitrogen and oxygen atoms in total. The number of halogens is 1. The van der Waals surface area contributed by atoms with Gasteiger partial charge >= 0.3 is 0 Å². The van der Waals surface area contributed by atoms with Gasteiger partial charge in [-0.1, -0.05) is 68.8 Å². The molecule has 0 saturated carbocycles. The van der Waals surface area contributed by atoms with Crippen LogP contribution in [0.3, 0.4) is 0 Å². The van der Waals surface area contributed by atoms with Gasteiger partial charge in [0.2, 0.25) is 0 Å². The van der Waals surface area contributed by atoms with E-state index in [2.05, 4.69) is 68.6 Å². The topological polar surface area (TPSA) is 12.0 Å². The van der Waals surface area contributed by atoms with Gasteiger partial charge in [0.1, 0.15) is 0 Å². The fourth-order valence-electron chi connectivity index (χ4n) is 2.37. The fourth-order valence-corrected chi connectivity index (χ4v) is 2.62. The number of benzene rings is 2. The average Bonchev–Trinajstić information content (AvgIpc) is 2.53. The molecular weight excluding hydrogens is 278 g/mol. The Morgan fingerprint density at radius 3 is 2.24 bits per heavy atom. The maximum atomic E-state index is 6.38. The third-order valence-corrected chi connectivity index (χ3v) is 4.40. The van der Waals surface area contributed by atoms with Crippen molar-refractivity contribution in [3.05, 3.63) is 58.6 Å². The van der Waals surface area contributed by atoms with Crippen molar-refractivity contribution in [2.24, 2.45) is 0 Å². The molecule has 0 bridgehead atoms. The highest BCUT2D eigenvalue weighted by Gasteiger charge is 2.06. The molecule has 2 heteroatoms. The molecule has 112 valence electrons. The summed E-state index contributed by atoms with van der Waals surface area (Å²) in [5, 5.41) is 4.14. The summed E-state index contributed by atoms with van der Waals surface area (Å²) in [6, 6.07) is 15.2. The molecule has 0 saturated heterocycles. The molecule has 0 aliphatic heterocycles. The van der Waals surface area contributed by atoms with Crippen molar-refractivity contribution >= 4 is 11.6 Å². The smallest absolute Gasteiger partial charge is 0.0457 e. The Balaban J connectivity index is 2.20. The molecule has 2 rings (SSSR count). The Bertz CT molecular complexity index is 575. The van der Waals surface area contributed by atoms with Crippen LogP contribution in [0.2, 0.25) is 5.02 Å². The third-order valence-electron chi connectivity index (χ3n) is 4.04. The Morgan fingerprint density at radius 2 is 1.67 bits per heavy atom. The summed E-state index contributed by atoms with van der Waals surface area (Å²) in [5.74, 6) is 0.616. The van der Waals surface area contributed by atoms with Gasteiger partial charge < -0.3 is 5.32 Å². The third kappa shape index (κ3) is 4.09. The summed E-state index contributed by atoms with van der Waals surface area (Å²) in [6.07, 6.45) is 1.17. The summed E-state index contributed by atoms with van der Waals surface area (Å²) in [7, 11) is 0. The van der Waals surface area contributed by atoms with E-state index in [0.717, 1.165) is 23.7 Å². The van der Waals surface area contributed by atoms with Crippen molar-refractivity contribution in [2.45, 2.75) is 39.7 Å². The summed E-state index contributed by atoms with van der Waals surface area (Å²) >= 11 is 6.38. The largest absolute Gasteiger partial charge is 0.313 e. The van der Waals surface area contributed by atoms with Crippen LogP contribution in [0.4, 0.5) is 0 Å². The van der Waals surface area contributed by atoms with Crippen molar-refractivity contribution in [3.8, 4) is 11.1 Å². The van der Waals surface area contributed by atoms with E-state index in [1.807, 2.05) is 0 Å². The first kappa shape index (κ1) is 16.1. The van der Waals surface area contributed by atoms with Gasteiger partial charge in [0.05, 0.1) is 0 Å². The average molecular weight is 302 g/mol. The fraction of sp³-hybridized carbons (Fsp3) is 0.368. The van der Waals surface area contributed by atoms with Crippen molar-refractivity contribution in [2.75, 3.05) is 6.54 Å². The van der Waals surface area contributed by atoms with Gasteiger partial charge in [-0.05, 0) is 47.2 Å². The van der Waals surface area contributed by atoms with Gasteiger partial charge in [0.25, 0.3) is 0 Å². The first-order valence-electron chi connectivity index (χ1n) is 7.75. The molecule has 2 aromatic rings. The van der Waals surface area contributed by atoms with Gasteiger partial charge in [0.15, 0.2) is 0 Å². The first-order valence-corrected chi connectivity index (χ1v) is 8.13. The summed E-state index contributed by atoms with van der Waals surface area (Å²) < 4.78 is 0. The van der Waals surface area contributed by atoms with Gasteiger partial charge in [-0.25, -0.2) is 0 Å². The number of hydrogen-bond donors (Lipinski definition) is 1. The minimum atomic E-state index is 0.616. The predicted octanol–water partition coefficient (Wildman–Crippen LogP) is 5.63. The minimum absolute atomic E-state index is 0.616. The van der Waals surface area contributed by atoms with Crippen molar-refractivity contribution in [1.29, 1.82) is 0 Å². The quantitative estimate of drug-likeness (QED) is 0.729. The van der Waals surface area contributed by atoms with E-state index in [1.54, 1.807) is 0 Å². The van der Waals surface area contributed by atoms with Gasteiger partial charge in [0, 0.05) is 11.6 Å². The Kier molecular flexibility index (Phi) is 5.84. The monoisotopic (exact) mass is 301 g/mol. The lowest BCUT2D eigenvalue weighted by Crippen LogP contribution is -2.11. The Hall–Kier alpha value is -1.31. The summed E-state index contributed by atoms with van der Waals surface area (Å²) in [5.41, 5.74) is 4.95. The highest BCUT2D eigenvalue weighted by Crippen LogP contribution is 2.27. The summed E-state index contributed by atoms with van der Waals surface area (Å²) in [4.78, 5) is 0. The Labute approximate surface area is 133 Å².